The number of hydrogen-bond donors (Lipinski definition) is 0. The monoisotopic (exact) mass is 269 g/mol. The summed E-state index contributed by atoms with van der Waals surface area (Å²) in [6.45, 7) is 1.98. The second kappa shape index (κ2) is 5.08. The van der Waals surface area contributed by atoms with Gasteiger partial charge in [0.1, 0.15) is 0 Å². The molecule has 6 heteroatoms. The average molecular weight is 269 g/mol. The predicted octanol–water partition coefficient (Wildman–Crippen LogP) is 2.46. The van der Waals surface area contributed by atoms with Crippen LogP contribution in [-0.2, 0) is 4.74 Å². The molecule has 0 N–H and O–H groups in total. The van der Waals surface area contributed by atoms with Crippen LogP contribution in [0.2, 0.25) is 0 Å². The van der Waals surface area contributed by atoms with Gasteiger partial charge >= 0.3 is 5.97 Å². The number of pyridine rings is 1. The molecule has 20 heavy (non-hydrogen) atoms. The van der Waals surface area contributed by atoms with Crippen molar-refractivity contribution < 1.29 is 14.1 Å². The molecule has 0 spiro atoms. The lowest BCUT2D eigenvalue weighted by Crippen LogP contribution is -2.06. The van der Waals surface area contributed by atoms with Crippen molar-refractivity contribution >= 4 is 16.9 Å². The highest BCUT2D eigenvalue weighted by Gasteiger charge is 2.17. The molecule has 0 bridgehead atoms. The Bertz CT molecular complexity index is 762. The molecule has 0 aliphatic carbocycles. The molecule has 0 radical (unpaired) electrons. The Labute approximate surface area is 114 Å². The van der Waals surface area contributed by atoms with Gasteiger partial charge in [0.25, 0.3) is 11.7 Å². The van der Waals surface area contributed by atoms with Crippen molar-refractivity contribution in [2.45, 2.75) is 6.92 Å². The van der Waals surface area contributed by atoms with Gasteiger partial charge < -0.3 is 9.26 Å². The third kappa shape index (κ3) is 2.11. The SMILES string of the molecule is CCOC(=O)c1noc(-c2cccc3ncccc23)n1. The highest BCUT2D eigenvalue weighted by molar-refractivity contribution is 5.93. The molecule has 0 aliphatic rings. The van der Waals surface area contributed by atoms with Crippen LogP contribution in [0, 0.1) is 0 Å². The first-order valence-electron chi connectivity index (χ1n) is 6.14. The van der Waals surface area contributed by atoms with E-state index in [1.807, 2.05) is 30.3 Å². The first kappa shape index (κ1) is 12.3. The van der Waals surface area contributed by atoms with Crippen LogP contribution in [0.15, 0.2) is 41.1 Å². The van der Waals surface area contributed by atoms with E-state index in [0.717, 1.165) is 16.5 Å². The van der Waals surface area contributed by atoms with Crippen LogP contribution in [0.1, 0.15) is 17.5 Å². The molecular formula is C14H11N3O3. The molecule has 0 saturated carbocycles. The zero-order chi connectivity index (χ0) is 13.9. The maximum absolute atomic E-state index is 11.5. The highest BCUT2D eigenvalue weighted by atomic mass is 16.5. The molecule has 6 nitrogen and oxygen atoms in total. The minimum absolute atomic E-state index is 0.0808. The van der Waals surface area contributed by atoms with E-state index in [2.05, 4.69) is 15.1 Å². The molecular weight excluding hydrogens is 258 g/mol. The van der Waals surface area contributed by atoms with Crippen LogP contribution in [-0.4, -0.2) is 27.7 Å². The van der Waals surface area contributed by atoms with Gasteiger partial charge in [-0.25, -0.2) is 4.79 Å². The number of esters is 1. The van der Waals surface area contributed by atoms with Gasteiger partial charge in [-0.15, -0.1) is 0 Å². The summed E-state index contributed by atoms with van der Waals surface area (Å²) >= 11 is 0. The molecule has 3 aromatic rings. The topological polar surface area (TPSA) is 78.1 Å². The summed E-state index contributed by atoms with van der Waals surface area (Å²) in [4.78, 5) is 19.9. The Hall–Kier alpha value is -2.76. The zero-order valence-electron chi connectivity index (χ0n) is 10.7. The standard InChI is InChI=1S/C14H11N3O3/c1-2-19-14(18)12-16-13(20-17-12)10-5-3-7-11-9(10)6-4-8-15-11/h3-8H,2H2,1H3. The highest BCUT2D eigenvalue weighted by Crippen LogP contribution is 2.26. The van der Waals surface area contributed by atoms with Gasteiger partial charge in [0.2, 0.25) is 0 Å². The van der Waals surface area contributed by atoms with Gasteiger partial charge in [-0.2, -0.15) is 4.98 Å². The molecule has 100 valence electrons. The van der Waals surface area contributed by atoms with E-state index in [9.17, 15) is 4.79 Å². The number of carbonyl (C=O) groups excluding carboxylic acids is 1. The van der Waals surface area contributed by atoms with E-state index in [1.165, 1.54) is 0 Å². The molecule has 3 rings (SSSR count). The zero-order valence-corrected chi connectivity index (χ0v) is 10.7. The summed E-state index contributed by atoms with van der Waals surface area (Å²) in [6.07, 6.45) is 1.71. The largest absolute Gasteiger partial charge is 0.460 e. The van der Waals surface area contributed by atoms with Gasteiger partial charge in [-0.3, -0.25) is 4.98 Å². The first-order valence-corrected chi connectivity index (χ1v) is 6.14. The summed E-state index contributed by atoms with van der Waals surface area (Å²) < 4.78 is 9.96. The van der Waals surface area contributed by atoms with Gasteiger partial charge in [0.15, 0.2) is 0 Å². The number of ether oxygens (including phenoxy) is 1. The van der Waals surface area contributed by atoms with Crippen molar-refractivity contribution in [2.24, 2.45) is 0 Å². The summed E-state index contributed by atoms with van der Waals surface area (Å²) in [5.74, 6) is -0.407. The van der Waals surface area contributed by atoms with Gasteiger partial charge in [-0.05, 0) is 30.3 Å². The van der Waals surface area contributed by atoms with Gasteiger partial charge in [0, 0.05) is 17.1 Å². The lowest BCUT2D eigenvalue weighted by Gasteiger charge is -2.00. The van der Waals surface area contributed by atoms with E-state index < -0.39 is 5.97 Å². The summed E-state index contributed by atoms with van der Waals surface area (Å²) in [7, 11) is 0. The Morgan fingerprint density at radius 2 is 2.20 bits per heavy atom. The summed E-state index contributed by atoms with van der Waals surface area (Å²) in [6, 6.07) is 9.31. The normalized spacial score (nSPS) is 10.7. The quantitative estimate of drug-likeness (QED) is 0.679. The number of benzene rings is 1. The van der Waals surface area contributed by atoms with Gasteiger partial charge in [0.05, 0.1) is 12.1 Å². The molecule has 0 unspecified atom stereocenters. The van der Waals surface area contributed by atoms with Crippen LogP contribution >= 0.6 is 0 Å². The van der Waals surface area contributed by atoms with Crippen LogP contribution < -0.4 is 0 Å². The van der Waals surface area contributed by atoms with Crippen molar-refractivity contribution in [1.82, 2.24) is 15.1 Å². The fourth-order valence-corrected chi connectivity index (χ4v) is 1.90. The van der Waals surface area contributed by atoms with E-state index in [0.29, 0.717) is 0 Å². The molecule has 1 aromatic carbocycles. The number of hydrogen-bond acceptors (Lipinski definition) is 6. The maximum Gasteiger partial charge on any atom is 0.379 e. The maximum atomic E-state index is 11.5. The Kier molecular flexibility index (Phi) is 3.12. The number of nitrogens with zero attached hydrogens (tertiary/aromatic N) is 3. The minimum atomic E-state index is -0.596. The average Bonchev–Trinajstić information content (AvgIpc) is 2.97. The molecule has 0 atom stereocenters. The van der Waals surface area contributed by atoms with E-state index in [1.54, 1.807) is 13.1 Å². The number of aromatic nitrogens is 3. The fourth-order valence-electron chi connectivity index (χ4n) is 1.90. The van der Waals surface area contributed by atoms with Crippen molar-refractivity contribution in [3.8, 4) is 11.5 Å². The number of rotatable bonds is 3. The molecule has 2 heterocycles. The lowest BCUT2D eigenvalue weighted by atomic mass is 10.1. The van der Waals surface area contributed by atoms with E-state index >= 15 is 0 Å². The van der Waals surface area contributed by atoms with Crippen LogP contribution in [0.5, 0.6) is 0 Å². The molecule has 0 fully saturated rings. The van der Waals surface area contributed by atoms with Crippen LogP contribution in [0.3, 0.4) is 0 Å². The lowest BCUT2D eigenvalue weighted by molar-refractivity contribution is 0.0508. The van der Waals surface area contributed by atoms with Gasteiger partial charge in [-0.1, -0.05) is 12.1 Å². The van der Waals surface area contributed by atoms with Crippen LogP contribution in [0.25, 0.3) is 22.4 Å². The van der Waals surface area contributed by atoms with Crippen molar-refractivity contribution in [3.63, 3.8) is 0 Å². The van der Waals surface area contributed by atoms with Crippen molar-refractivity contribution in [2.75, 3.05) is 6.61 Å². The number of fused-ring (bicyclic) bond motifs is 1. The smallest absolute Gasteiger partial charge is 0.379 e. The first-order chi connectivity index (χ1) is 9.79. The molecule has 2 aromatic heterocycles. The second-order valence-corrected chi connectivity index (χ2v) is 4.02. The fraction of sp³-hybridized carbons (Fsp3) is 0.143. The van der Waals surface area contributed by atoms with Crippen molar-refractivity contribution in [3.05, 3.63) is 42.4 Å². The van der Waals surface area contributed by atoms with Crippen LogP contribution in [0.4, 0.5) is 0 Å². The Morgan fingerprint density at radius 3 is 3.05 bits per heavy atom. The number of carbonyl (C=O) groups is 1. The Morgan fingerprint density at radius 1 is 1.30 bits per heavy atom. The summed E-state index contributed by atoms with van der Waals surface area (Å²) in [5, 5.41) is 4.52. The summed E-state index contributed by atoms with van der Waals surface area (Å²) in [5.41, 5.74) is 1.56. The third-order valence-corrected chi connectivity index (χ3v) is 2.76. The second-order valence-electron chi connectivity index (χ2n) is 4.02. The van der Waals surface area contributed by atoms with E-state index in [-0.39, 0.29) is 18.3 Å². The molecule has 0 saturated heterocycles. The molecule has 0 amide bonds. The minimum Gasteiger partial charge on any atom is -0.460 e. The third-order valence-electron chi connectivity index (χ3n) is 2.76. The predicted molar refractivity (Wildman–Crippen MR) is 71.0 cm³/mol. The Balaban J connectivity index is 2.06. The van der Waals surface area contributed by atoms with E-state index in [4.69, 9.17) is 9.26 Å². The molecule has 0 aliphatic heterocycles. The van der Waals surface area contributed by atoms with Crippen molar-refractivity contribution in [1.29, 1.82) is 0 Å².